The molecule has 0 unspecified atom stereocenters. The van der Waals surface area contributed by atoms with Crippen LogP contribution in [0.15, 0.2) is 54.6 Å². The standard InChI is InChI=1S/C13H11N3O2S/c17-16(18)12-8-6-11(7-9-12)15-13(19)14-10-4-2-1-3-5-10/h1-9H,(H2,14,15,19). The van der Waals surface area contributed by atoms with Crippen molar-refractivity contribution < 1.29 is 4.92 Å². The summed E-state index contributed by atoms with van der Waals surface area (Å²) in [7, 11) is 0. The summed E-state index contributed by atoms with van der Waals surface area (Å²) in [5.41, 5.74) is 1.62. The summed E-state index contributed by atoms with van der Waals surface area (Å²) in [6.45, 7) is 0. The van der Waals surface area contributed by atoms with Gasteiger partial charge in [0, 0.05) is 23.5 Å². The summed E-state index contributed by atoms with van der Waals surface area (Å²) >= 11 is 5.15. The quantitative estimate of drug-likeness (QED) is 0.509. The zero-order valence-electron chi connectivity index (χ0n) is 9.87. The molecule has 0 saturated carbocycles. The number of benzene rings is 2. The van der Waals surface area contributed by atoms with Crippen molar-refractivity contribution in [2.24, 2.45) is 0 Å². The Kier molecular flexibility index (Phi) is 4.04. The molecule has 0 fully saturated rings. The lowest BCUT2D eigenvalue weighted by atomic mass is 10.3. The lowest BCUT2D eigenvalue weighted by Gasteiger charge is -2.10. The van der Waals surface area contributed by atoms with Gasteiger partial charge in [0.2, 0.25) is 0 Å². The van der Waals surface area contributed by atoms with Crippen LogP contribution in [0.5, 0.6) is 0 Å². The monoisotopic (exact) mass is 273 g/mol. The summed E-state index contributed by atoms with van der Waals surface area (Å²) in [6, 6.07) is 15.6. The van der Waals surface area contributed by atoms with Gasteiger partial charge in [-0.25, -0.2) is 0 Å². The highest BCUT2D eigenvalue weighted by Gasteiger charge is 2.04. The van der Waals surface area contributed by atoms with Gasteiger partial charge in [-0.1, -0.05) is 18.2 Å². The number of thiocarbonyl (C=S) groups is 1. The van der Waals surface area contributed by atoms with Crippen molar-refractivity contribution in [3.8, 4) is 0 Å². The van der Waals surface area contributed by atoms with E-state index >= 15 is 0 Å². The van der Waals surface area contributed by atoms with E-state index in [1.807, 2.05) is 30.3 Å². The molecule has 0 bridgehead atoms. The Morgan fingerprint density at radius 1 is 0.947 bits per heavy atom. The minimum atomic E-state index is -0.440. The highest BCUT2D eigenvalue weighted by atomic mass is 32.1. The van der Waals surface area contributed by atoms with Gasteiger partial charge in [0.1, 0.15) is 0 Å². The van der Waals surface area contributed by atoms with Crippen LogP contribution in [0.3, 0.4) is 0 Å². The van der Waals surface area contributed by atoms with E-state index in [0.29, 0.717) is 10.8 Å². The summed E-state index contributed by atoms with van der Waals surface area (Å²) < 4.78 is 0. The van der Waals surface area contributed by atoms with Crippen LogP contribution in [0.1, 0.15) is 0 Å². The van der Waals surface area contributed by atoms with E-state index in [2.05, 4.69) is 10.6 Å². The predicted molar refractivity (Wildman–Crippen MR) is 79.4 cm³/mol. The molecule has 0 aromatic heterocycles. The fourth-order valence-electron chi connectivity index (χ4n) is 1.48. The zero-order chi connectivity index (χ0) is 13.7. The third-order valence-electron chi connectivity index (χ3n) is 2.37. The summed E-state index contributed by atoms with van der Waals surface area (Å²) in [5.74, 6) is 0. The van der Waals surface area contributed by atoms with Gasteiger partial charge >= 0.3 is 0 Å². The first-order valence-corrected chi connectivity index (χ1v) is 5.93. The molecule has 96 valence electrons. The van der Waals surface area contributed by atoms with E-state index in [-0.39, 0.29) is 5.69 Å². The summed E-state index contributed by atoms with van der Waals surface area (Å²) in [4.78, 5) is 10.1. The second-order valence-electron chi connectivity index (χ2n) is 3.75. The minimum absolute atomic E-state index is 0.0486. The summed E-state index contributed by atoms with van der Waals surface area (Å²) in [5, 5.41) is 16.9. The number of nitro benzene ring substituents is 1. The number of hydrogen-bond donors (Lipinski definition) is 2. The molecule has 0 aliphatic rings. The first kappa shape index (κ1) is 13.0. The lowest BCUT2D eigenvalue weighted by Crippen LogP contribution is -2.18. The van der Waals surface area contributed by atoms with Gasteiger partial charge in [-0.3, -0.25) is 10.1 Å². The molecule has 0 saturated heterocycles. The van der Waals surface area contributed by atoms with Crippen LogP contribution in [0.4, 0.5) is 17.1 Å². The van der Waals surface area contributed by atoms with Gasteiger partial charge in [0.15, 0.2) is 5.11 Å². The van der Waals surface area contributed by atoms with Crippen LogP contribution in [-0.2, 0) is 0 Å². The van der Waals surface area contributed by atoms with Gasteiger partial charge in [0.05, 0.1) is 4.92 Å². The molecule has 6 heteroatoms. The molecule has 0 atom stereocenters. The molecule has 0 heterocycles. The SMILES string of the molecule is O=[N+]([O-])c1ccc(NC(=S)Nc2ccccc2)cc1. The van der Waals surface area contributed by atoms with Crippen molar-refractivity contribution in [3.05, 3.63) is 64.7 Å². The normalized spacial score (nSPS) is 9.68. The van der Waals surface area contributed by atoms with E-state index in [4.69, 9.17) is 12.2 Å². The number of nitrogens with one attached hydrogen (secondary N) is 2. The average Bonchev–Trinajstić information content (AvgIpc) is 2.40. The van der Waals surface area contributed by atoms with Crippen LogP contribution in [0.25, 0.3) is 0 Å². The van der Waals surface area contributed by atoms with E-state index in [0.717, 1.165) is 5.69 Å². The topological polar surface area (TPSA) is 67.2 Å². The van der Waals surface area contributed by atoms with Crippen molar-refractivity contribution in [3.63, 3.8) is 0 Å². The largest absolute Gasteiger partial charge is 0.332 e. The third kappa shape index (κ3) is 3.75. The molecular weight excluding hydrogens is 262 g/mol. The molecule has 0 aliphatic heterocycles. The molecule has 0 aliphatic carbocycles. The molecular formula is C13H11N3O2S. The van der Waals surface area contributed by atoms with Crippen molar-refractivity contribution in [1.29, 1.82) is 0 Å². The Balaban J connectivity index is 1.97. The second kappa shape index (κ2) is 5.92. The number of anilines is 2. The highest BCUT2D eigenvalue weighted by Crippen LogP contribution is 2.15. The van der Waals surface area contributed by atoms with Gasteiger partial charge in [-0.2, -0.15) is 0 Å². The Hall–Kier alpha value is -2.47. The molecule has 5 nitrogen and oxygen atoms in total. The number of nitrogens with zero attached hydrogens (tertiary/aromatic N) is 1. The molecule has 2 rings (SSSR count). The summed E-state index contributed by atoms with van der Waals surface area (Å²) in [6.07, 6.45) is 0. The highest BCUT2D eigenvalue weighted by molar-refractivity contribution is 7.80. The minimum Gasteiger partial charge on any atom is -0.332 e. The van der Waals surface area contributed by atoms with Crippen molar-refractivity contribution in [1.82, 2.24) is 0 Å². The van der Waals surface area contributed by atoms with Gasteiger partial charge in [-0.05, 0) is 36.5 Å². The van der Waals surface area contributed by atoms with Crippen molar-refractivity contribution in [2.45, 2.75) is 0 Å². The van der Waals surface area contributed by atoms with Crippen LogP contribution in [0.2, 0.25) is 0 Å². The molecule has 2 aromatic rings. The number of non-ortho nitro benzene ring substituents is 1. The molecule has 19 heavy (non-hydrogen) atoms. The average molecular weight is 273 g/mol. The third-order valence-corrected chi connectivity index (χ3v) is 2.57. The van der Waals surface area contributed by atoms with Crippen LogP contribution in [-0.4, -0.2) is 10.0 Å². The Morgan fingerprint density at radius 2 is 1.47 bits per heavy atom. The van der Waals surface area contributed by atoms with E-state index in [9.17, 15) is 10.1 Å². The van der Waals surface area contributed by atoms with E-state index in [1.165, 1.54) is 12.1 Å². The molecule has 2 aromatic carbocycles. The predicted octanol–water partition coefficient (Wildman–Crippen LogP) is 3.40. The number of hydrogen-bond acceptors (Lipinski definition) is 3. The maximum Gasteiger partial charge on any atom is 0.269 e. The van der Waals surface area contributed by atoms with Crippen molar-refractivity contribution >= 4 is 34.4 Å². The maximum atomic E-state index is 10.5. The number of para-hydroxylation sites is 1. The zero-order valence-corrected chi connectivity index (χ0v) is 10.7. The second-order valence-corrected chi connectivity index (χ2v) is 4.16. The smallest absolute Gasteiger partial charge is 0.269 e. The lowest BCUT2D eigenvalue weighted by molar-refractivity contribution is -0.384. The molecule has 0 spiro atoms. The van der Waals surface area contributed by atoms with Crippen LogP contribution >= 0.6 is 12.2 Å². The first-order chi connectivity index (χ1) is 9.15. The molecule has 0 radical (unpaired) electrons. The molecule has 0 amide bonds. The fraction of sp³-hybridized carbons (Fsp3) is 0. The molecule has 2 N–H and O–H groups in total. The van der Waals surface area contributed by atoms with Crippen molar-refractivity contribution in [2.75, 3.05) is 10.6 Å². The van der Waals surface area contributed by atoms with E-state index < -0.39 is 4.92 Å². The Labute approximate surface area is 115 Å². The van der Waals surface area contributed by atoms with E-state index in [1.54, 1.807) is 12.1 Å². The Bertz CT molecular complexity index is 585. The van der Waals surface area contributed by atoms with Crippen LogP contribution in [0, 0.1) is 10.1 Å². The van der Waals surface area contributed by atoms with Gasteiger partial charge < -0.3 is 10.6 Å². The number of rotatable bonds is 3. The van der Waals surface area contributed by atoms with Crippen LogP contribution < -0.4 is 10.6 Å². The fourth-order valence-corrected chi connectivity index (χ4v) is 1.72. The Morgan fingerprint density at radius 3 is 2.00 bits per heavy atom. The first-order valence-electron chi connectivity index (χ1n) is 5.52. The van der Waals surface area contributed by atoms with Gasteiger partial charge in [-0.15, -0.1) is 0 Å². The maximum absolute atomic E-state index is 10.5. The van der Waals surface area contributed by atoms with Gasteiger partial charge in [0.25, 0.3) is 5.69 Å². The number of nitro groups is 1.